The summed E-state index contributed by atoms with van der Waals surface area (Å²) < 4.78 is 79.0. The molecule has 0 fully saturated rings. The Kier molecular flexibility index (Phi) is 5.35. The molecule has 3 heterocycles. The minimum Gasteiger partial charge on any atom is -0.287 e. The Labute approximate surface area is 184 Å². The summed E-state index contributed by atoms with van der Waals surface area (Å²) in [5.41, 5.74) is -3.83. The van der Waals surface area contributed by atoms with E-state index in [1.807, 2.05) is 0 Å². The normalized spacial score (nSPS) is 12.3. The summed E-state index contributed by atoms with van der Waals surface area (Å²) in [6, 6.07) is 4.41. The number of benzene rings is 1. The number of nitrogens with one attached hydrogen (secondary N) is 1. The molecule has 1 aromatic carbocycles. The molecule has 0 aliphatic rings. The molecule has 0 saturated carbocycles. The van der Waals surface area contributed by atoms with Crippen LogP contribution in [-0.4, -0.2) is 21.0 Å². The fourth-order valence-electron chi connectivity index (χ4n) is 3.27. The second kappa shape index (κ2) is 7.80. The number of alkyl halides is 6. The standard InChI is InChI=1S/C21H11F6N3O2S/c1-9-2-3-11(7-28-9)12-8-33-18-15(12)19(32)30-29-16(18)17(31)10-4-5-13(20(22,23)24)14(6-10)21(25,26)27/h2-8H,1H3,(H,30,32). The molecule has 0 amide bonds. The van der Waals surface area contributed by atoms with E-state index in [4.69, 9.17) is 0 Å². The number of aryl methyl sites for hydroxylation is 1. The van der Waals surface area contributed by atoms with Crippen LogP contribution in [0.2, 0.25) is 0 Å². The van der Waals surface area contributed by atoms with Crippen LogP contribution in [0, 0.1) is 6.92 Å². The third-order valence-electron chi connectivity index (χ3n) is 4.83. The number of pyridine rings is 1. The van der Waals surface area contributed by atoms with Crippen LogP contribution >= 0.6 is 11.3 Å². The molecule has 1 N–H and O–H groups in total. The van der Waals surface area contributed by atoms with Crippen molar-refractivity contribution >= 4 is 27.2 Å². The number of thiophene rings is 1. The zero-order valence-corrected chi connectivity index (χ0v) is 17.2. The molecule has 0 radical (unpaired) electrons. The minimum atomic E-state index is -5.34. The topological polar surface area (TPSA) is 75.7 Å². The zero-order valence-electron chi connectivity index (χ0n) is 16.4. The highest BCUT2D eigenvalue weighted by Crippen LogP contribution is 2.41. The highest BCUT2D eigenvalue weighted by atomic mass is 32.1. The number of nitrogens with zero attached hydrogens (tertiary/aromatic N) is 2. The highest BCUT2D eigenvalue weighted by Gasteiger charge is 2.43. The van der Waals surface area contributed by atoms with Crippen molar-refractivity contribution in [1.29, 1.82) is 0 Å². The molecular weight excluding hydrogens is 472 g/mol. The summed E-state index contributed by atoms with van der Waals surface area (Å²) in [4.78, 5) is 29.5. The number of ketones is 1. The molecule has 170 valence electrons. The first-order chi connectivity index (χ1) is 15.4. The van der Waals surface area contributed by atoms with Gasteiger partial charge in [0, 0.05) is 34.0 Å². The number of H-pyrrole nitrogens is 1. The first-order valence-electron chi connectivity index (χ1n) is 9.14. The van der Waals surface area contributed by atoms with E-state index in [9.17, 15) is 35.9 Å². The second-order valence-electron chi connectivity index (χ2n) is 7.03. The van der Waals surface area contributed by atoms with E-state index >= 15 is 0 Å². The summed E-state index contributed by atoms with van der Waals surface area (Å²) >= 11 is 0.961. The number of carbonyl (C=O) groups is 1. The smallest absolute Gasteiger partial charge is 0.287 e. The van der Waals surface area contributed by atoms with Crippen LogP contribution in [0.4, 0.5) is 26.3 Å². The van der Waals surface area contributed by atoms with Crippen LogP contribution in [0.25, 0.3) is 21.2 Å². The van der Waals surface area contributed by atoms with Crippen LogP contribution in [0.3, 0.4) is 0 Å². The predicted octanol–water partition coefficient (Wildman–Crippen LogP) is 5.62. The monoisotopic (exact) mass is 483 g/mol. The molecular formula is C21H11F6N3O2S. The van der Waals surface area contributed by atoms with Gasteiger partial charge in [0.15, 0.2) is 0 Å². The number of hydrogen-bond donors (Lipinski definition) is 1. The molecule has 5 nitrogen and oxygen atoms in total. The lowest BCUT2D eigenvalue weighted by molar-refractivity contribution is -0.162. The van der Waals surface area contributed by atoms with Crippen molar-refractivity contribution < 1.29 is 31.1 Å². The number of rotatable bonds is 3. The van der Waals surface area contributed by atoms with Crippen LogP contribution in [0.1, 0.15) is 32.9 Å². The van der Waals surface area contributed by atoms with Crippen molar-refractivity contribution in [2.24, 2.45) is 0 Å². The largest absolute Gasteiger partial charge is 0.417 e. The average Bonchev–Trinajstić information content (AvgIpc) is 3.18. The molecule has 0 aliphatic heterocycles. The summed E-state index contributed by atoms with van der Waals surface area (Å²) in [6.07, 6.45) is -9.09. The van der Waals surface area contributed by atoms with Gasteiger partial charge >= 0.3 is 12.4 Å². The lowest BCUT2D eigenvalue weighted by Gasteiger charge is -2.16. The Balaban J connectivity index is 1.87. The van der Waals surface area contributed by atoms with Crippen LogP contribution in [0.5, 0.6) is 0 Å². The number of aromatic amines is 1. The van der Waals surface area contributed by atoms with Crippen LogP contribution in [-0.2, 0) is 12.4 Å². The van der Waals surface area contributed by atoms with Crippen molar-refractivity contribution in [1.82, 2.24) is 15.2 Å². The third kappa shape index (κ3) is 4.13. The molecule has 4 aromatic rings. The van der Waals surface area contributed by atoms with Gasteiger partial charge in [-0.15, -0.1) is 11.3 Å². The first kappa shape index (κ1) is 22.6. The molecule has 33 heavy (non-hydrogen) atoms. The van der Waals surface area contributed by atoms with E-state index in [1.165, 1.54) is 6.20 Å². The van der Waals surface area contributed by atoms with Crippen molar-refractivity contribution in [2.75, 3.05) is 0 Å². The van der Waals surface area contributed by atoms with Crippen LogP contribution < -0.4 is 5.56 Å². The number of hydrogen-bond acceptors (Lipinski definition) is 5. The lowest BCUT2D eigenvalue weighted by Crippen LogP contribution is -2.19. The van der Waals surface area contributed by atoms with Crippen molar-refractivity contribution in [2.45, 2.75) is 19.3 Å². The second-order valence-corrected chi connectivity index (χ2v) is 7.91. The predicted molar refractivity (Wildman–Crippen MR) is 108 cm³/mol. The van der Waals surface area contributed by atoms with E-state index in [0.29, 0.717) is 17.2 Å². The maximum atomic E-state index is 13.3. The summed E-state index contributed by atoms with van der Waals surface area (Å²) in [6.45, 7) is 1.77. The highest BCUT2D eigenvalue weighted by molar-refractivity contribution is 7.18. The Morgan fingerprint density at radius 3 is 2.30 bits per heavy atom. The summed E-state index contributed by atoms with van der Waals surface area (Å²) in [7, 11) is 0. The number of fused-ring (bicyclic) bond motifs is 1. The number of halogens is 6. The fraction of sp³-hybridized carbons (Fsp3) is 0.143. The minimum absolute atomic E-state index is 0.0759. The van der Waals surface area contributed by atoms with Gasteiger partial charge in [0.25, 0.3) is 5.56 Å². The molecule has 3 aromatic heterocycles. The van der Waals surface area contributed by atoms with E-state index in [2.05, 4.69) is 15.2 Å². The molecule has 0 atom stereocenters. The van der Waals surface area contributed by atoms with E-state index in [-0.39, 0.29) is 27.9 Å². The number of carbonyl (C=O) groups excluding carboxylic acids is 1. The van der Waals surface area contributed by atoms with Gasteiger partial charge in [-0.25, -0.2) is 5.10 Å². The molecule has 0 unspecified atom stereocenters. The summed E-state index contributed by atoms with van der Waals surface area (Å²) in [5, 5.41) is 7.45. The average molecular weight is 483 g/mol. The Morgan fingerprint density at radius 2 is 1.70 bits per heavy atom. The van der Waals surface area contributed by atoms with E-state index < -0.39 is 40.4 Å². The molecule has 0 spiro atoms. The quantitative estimate of drug-likeness (QED) is 0.303. The lowest BCUT2D eigenvalue weighted by atomic mass is 9.98. The zero-order chi connectivity index (χ0) is 24.1. The SMILES string of the molecule is Cc1ccc(-c2csc3c(C(=O)c4ccc(C(F)(F)F)c(C(F)(F)F)c4)n[nH]c(=O)c23)cn1. The molecule has 0 saturated heterocycles. The molecule has 12 heteroatoms. The Hall–Kier alpha value is -3.54. The van der Waals surface area contributed by atoms with Gasteiger partial charge in [-0.3, -0.25) is 14.6 Å². The van der Waals surface area contributed by atoms with Gasteiger partial charge in [-0.05, 0) is 25.1 Å². The molecule has 4 rings (SSSR count). The van der Waals surface area contributed by atoms with Crippen LogP contribution in [0.15, 0.2) is 46.7 Å². The first-order valence-corrected chi connectivity index (χ1v) is 10.0. The molecule has 0 aliphatic carbocycles. The van der Waals surface area contributed by atoms with Gasteiger partial charge < -0.3 is 0 Å². The van der Waals surface area contributed by atoms with Gasteiger partial charge in [0.2, 0.25) is 5.78 Å². The third-order valence-corrected chi connectivity index (χ3v) is 5.82. The van der Waals surface area contributed by atoms with Gasteiger partial charge in [0.05, 0.1) is 21.2 Å². The van der Waals surface area contributed by atoms with Crippen molar-refractivity contribution in [3.8, 4) is 11.1 Å². The van der Waals surface area contributed by atoms with Gasteiger partial charge in [0.1, 0.15) is 5.69 Å². The van der Waals surface area contributed by atoms with Gasteiger partial charge in [-0.1, -0.05) is 12.1 Å². The fourth-order valence-corrected chi connectivity index (χ4v) is 4.33. The van der Waals surface area contributed by atoms with E-state index in [0.717, 1.165) is 17.0 Å². The van der Waals surface area contributed by atoms with E-state index in [1.54, 1.807) is 24.4 Å². The van der Waals surface area contributed by atoms with Crippen molar-refractivity contribution in [3.05, 3.63) is 80.3 Å². The maximum Gasteiger partial charge on any atom is 0.417 e. The Bertz CT molecular complexity index is 1440. The van der Waals surface area contributed by atoms with Gasteiger partial charge in [-0.2, -0.15) is 31.4 Å². The van der Waals surface area contributed by atoms with Crippen molar-refractivity contribution in [3.63, 3.8) is 0 Å². The summed E-state index contributed by atoms with van der Waals surface area (Å²) in [5.74, 6) is -1.06. The number of aromatic nitrogens is 3. The molecule has 0 bridgehead atoms. The Morgan fingerprint density at radius 1 is 1.00 bits per heavy atom. The maximum absolute atomic E-state index is 13.3.